The summed E-state index contributed by atoms with van der Waals surface area (Å²) < 4.78 is 43.4. The summed E-state index contributed by atoms with van der Waals surface area (Å²) in [5, 5.41) is 9.61. The first kappa shape index (κ1) is 14.7. The smallest absolute Gasteiger partial charge is 0.324 e. The molecule has 1 N–H and O–H groups in total. The summed E-state index contributed by atoms with van der Waals surface area (Å²) in [6.45, 7) is 0.152. The van der Waals surface area contributed by atoms with Gasteiger partial charge in [-0.25, -0.2) is 12.8 Å². The van der Waals surface area contributed by atoms with E-state index >= 15 is 0 Å². The van der Waals surface area contributed by atoms with Gasteiger partial charge >= 0.3 is 5.97 Å². The van der Waals surface area contributed by atoms with Crippen LogP contribution in [0.1, 0.15) is 12.8 Å². The predicted octanol–water partition coefficient (Wildman–Crippen LogP) is 0.857. The molecule has 1 atom stereocenters. The van der Waals surface area contributed by atoms with E-state index in [1.807, 2.05) is 0 Å². The molecular formula is C12H14FNO5S. The average molecular weight is 303 g/mol. The quantitative estimate of drug-likeness (QED) is 0.837. The molecule has 0 saturated carbocycles. The van der Waals surface area contributed by atoms with Crippen LogP contribution in [-0.2, 0) is 19.6 Å². The van der Waals surface area contributed by atoms with Crippen molar-refractivity contribution in [2.75, 3.05) is 13.7 Å². The SMILES string of the molecule is COC(=O)[C@@H]1CCCN1S(=O)(=O)c1ccc(F)cc1O. The number of hydrogen-bond donors (Lipinski definition) is 1. The summed E-state index contributed by atoms with van der Waals surface area (Å²) in [7, 11) is -2.89. The Morgan fingerprint density at radius 2 is 2.20 bits per heavy atom. The lowest BCUT2D eigenvalue weighted by Crippen LogP contribution is -2.41. The highest BCUT2D eigenvalue weighted by Crippen LogP contribution is 2.31. The average Bonchev–Trinajstić information content (AvgIpc) is 2.87. The molecule has 6 nitrogen and oxygen atoms in total. The number of ether oxygens (including phenoxy) is 1. The van der Waals surface area contributed by atoms with E-state index in [1.54, 1.807) is 0 Å². The van der Waals surface area contributed by atoms with E-state index in [1.165, 1.54) is 7.11 Å². The normalized spacial score (nSPS) is 20.0. The molecule has 1 fully saturated rings. The number of carbonyl (C=O) groups excluding carboxylic acids is 1. The van der Waals surface area contributed by atoms with Crippen LogP contribution in [0.4, 0.5) is 4.39 Å². The van der Waals surface area contributed by atoms with Crippen LogP contribution in [0.5, 0.6) is 5.75 Å². The molecule has 8 heteroatoms. The summed E-state index contributed by atoms with van der Waals surface area (Å²) in [4.78, 5) is 11.2. The Kier molecular flexibility index (Phi) is 3.96. The predicted molar refractivity (Wildman–Crippen MR) is 67.0 cm³/mol. The molecule has 1 aromatic rings. The van der Waals surface area contributed by atoms with Crippen molar-refractivity contribution < 1.29 is 27.4 Å². The number of sulfonamides is 1. The van der Waals surface area contributed by atoms with Crippen molar-refractivity contribution in [1.82, 2.24) is 4.31 Å². The molecule has 1 aliphatic rings. The van der Waals surface area contributed by atoms with Crippen molar-refractivity contribution in [3.8, 4) is 5.75 Å². The number of hydrogen-bond acceptors (Lipinski definition) is 5. The Morgan fingerprint density at radius 3 is 2.80 bits per heavy atom. The molecule has 0 bridgehead atoms. The zero-order chi connectivity index (χ0) is 14.9. The first-order valence-electron chi connectivity index (χ1n) is 5.96. The van der Waals surface area contributed by atoms with Gasteiger partial charge in [-0.05, 0) is 25.0 Å². The molecular weight excluding hydrogens is 289 g/mol. The Labute approximate surface area is 115 Å². The molecule has 0 unspecified atom stereocenters. The van der Waals surface area contributed by atoms with Crippen molar-refractivity contribution in [2.24, 2.45) is 0 Å². The Morgan fingerprint density at radius 1 is 1.50 bits per heavy atom. The van der Waals surface area contributed by atoms with Gasteiger partial charge in [0.2, 0.25) is 10.0 Å². The minimum Gasteiger partial charge on any atom is -0.506 e. The third-order valence-electron chi connectivity index (χ3n) is 3.18. The van der Waals surface area contributed by atoms with Gasteiger partial charge in [-0.15, -0.1) is 0 Å². The largest absolute Gasteiger partial charge is 0.506 e. The molecule has 1 saturated heterocycles. The molecule has 1 aliphatic heterocycles. The number of carbonyl (C=O) groups is 1. The number of halogens is 1. The zero-order valence-corrected chi connectivity index (χ0v) is 11.6. The number of rotatable bonds is 3. The first-order valence-corrected chi connectivity index (χ1v) is 7.40. The van der Waals surface area contributed by atoms with Crippen LogP contribution in [0.15, 0.2) is 23.1 Å². The van der Waals surface area contributed by atoms with Gasteiger partial charge in [0.1, 0.15) is 22.5 Å². The highest BCUT2D eigenvalue weighted by molar-refractivity contribution is 7.89. The molecule has 0 spiro atoms. The fraction of sp³-hybridized carbons (Fsp3) is 0.417. The van der Waals surface area contributed by atoms with E-state index in [-0.39, 0.29) is 6.54 Å². The van der Waals surface area contributed by atoms with Crippen LogP contribution in [0.2, 0.25) is 0 Å². The third kappa shape index (κ3) is 2.48. The van der Waals surface area contributed by atoms with Crippen LogP contribution >= 0.6 is 0 Å². The van der Waals surface area contributed by atoms with E-state index in [0.29, 0.717) is 12.8 Å². The van der Waals surface area contributed by atoms with Crippen LogP contribution in [0.3, 0.4) is 0 Å². The minimum absolute atomic E-state index is 0.152. The van der Waals surface area contributed by atoms with Crippen LogP contribution in [0, 0.1) is 5.82 Å². The number of benzene rings is 1. The Bertz CT molecular complexity index is 631. The summed E-state index contributed by atoms with van der Waals surface area (Å²) >= 11 is 0. The zero-order valence-electron chi connectivity index (χ0n) is 10.7. The standard InChI is InChI=1S/C12H14FNO5S/c1-19-12(16)9-3-2-6-14(9)20(17,18)11-5-4-8(13)7-10(11)15/h4-5,7,9,15H,2-3,6H2,1H3/t9-/m0/s1. The number of phenols is 1. The number of esters is 1. The molecule has 1 aromatic carbocycles. The summed E-state index contributed by atoms with van der Waals surface area (Å²) in [5.41, 5.74) is 0. The highest BCUT2D eigenvalue weighted by Gasteiger charge is 2.41. The summed E-state index contributed by atoms with van der Waals surface area (Å²) in [5.74, 6) is -2.07. The lowest BCUT2D eigenvalue weighted by molar-refractivity contribution is -0.144. The van der Waals surface area contributed by atoms with Crippen LogP contribution in [-0.4, -0.2) is 43.5 Å². The molecule has 110 valence electrons. The van der Waals surface area contributed by atoms with Gasteiger partial charge in [0.15, 0.2) is 0 Å². The Balaban J connectivity index is 2.41. The molecule has 0 aliphatic carbocycles. The van der Waals surface area contributed by atoms with Gasteiger partial charge in [0.25, 0.3) is 0 Å². The fourth-order valence-electron chi connectivity index (χ4n) is 2.23. The monoisotopic (exact) mass is 303 g/mol. The molecule has 0 amide bonds. The van der Waals surface area contributed by atoms with E-state index in [4.69, 9.17) is 0 Å². The number of nitrogens with zero attached hydrogens (tertiary/aromatic N) is 1. The summed E-state index contributed by atoms with van der Waals surface area (Å²) in [6.07, 6.45) is 0.870. The Hall–Kier alpha value is -1.67. The van der Waals surface area contributed by atoms with E-state index in [0.717, 1.165) is 22.5 Å². The van der Waals surface area contributed by atoms with Crippen molar-refractivity contribution in [3.05, 3.63) is 24.0 Å². The maximum Gasteiger partial charge on any atom is 0.324 e. The summed E-state index contributed by atoms with van der Waals surface area (Å²) in [6, 6.07) is 1.73. The third-order valence-corrected chi connectivity index (χ3v) is 5.14. The van der Waals surface area contributed by atoms with Gasteiger partial charge in [-0.1, -0.05) is 0 Å². The lowest BCUT2D eigenvalue weighted by Gasteiger charge is -2.22. The van der Waals surface area contributed by atoms with Crippen LogP contribution < -0.4 is 0 Å². The van der Waals surface area contributed by atoms with Gasteiger partial charge in [0.05, 0.1) is 7.11 Å². The highest BCUT2D eigenvalue weighted by atomic mass is 32.2. The van der Waals surface area contributed by atoms with Gasteiger partial charge in [0, 0.05) is 12.6 Å². The fourth-order valence-corrected chi connectivity index (χ4v) is 3.95. The number of phenolic OH excluding ortho intramolecular Hbond substituents is 1. The van der Waals surface area contributed by atoms with Gasteiger partial charge in [-0.2, -0.15) is 4.31 Å². The molecule has 2 rings (SSSR count). The topological polar surface area (TPSA) is 83.9 Å². The first-order chi connectivity index (χ1) is 9.37. The minimum atomic E-state index is -4.07. The molecule has 0 radical (unpaired) electrons. The molecule has 0 aromatic heterocycles. The maximum atomic E-state index is 12.9. The second kappa shape index (κ2) is 5.37. The van der Waals surface area contributed by atoms with E-state index in [2.05, 4.69) is 4.74 Å². The van der Waals surface area contributed by atoms with Gasteiger partial charge in [-0.3, -0.25) is 4.79 Å². The van der Waals surface area contributed by atoms with E-state index in [9.17, 15) is 22.7 Å². The second-order valence-corrected chi connectivity index (χ2v) is 6.27. The molecule has 1 heterocycles. The second-order valence-electron chi connectivity index (χ2n) is 4.41. The number of methoxy groups -OCH3 is 1. The maximum absolute atomic E-state index is 12.9. The van der Waals surface area contributed by atoms with Crippen LogP contribution in [0.25, 0.3) is 0 Å². The lowest BCUT2D eigenvalue weighted by atomic mass is 10.2. The van der Waals surface area contributed by atoms with Crippen molar-refractivity contribution in [1.29, 1.82) is 0 Å². The van der Waals surface area contributed by atoms with Crippen molar-refractivity contribution in [2.45, 2.75) is 23.8 Å². The van der Waals surface area contributed by atoms with E-state index < -0.39 is 38.5 Å². The molecule has 20 heavy (non-hydrogen) atoms. The van der Waals surface area contributed by atoms with Crippen molar-refractivity contribution in [3.63, 3.8) is 0 Å². The van der Waals surface area contributed by atoms with Gasteiger partial charge < -0.3 is 9.84 Å². The van der Waals surface area contributed by atoms with Crippen molar-refractivity contribution >= 4 is 16.0 Å². The number of aromatic hydroxyl groups is 1.